The number of hydrogen-bond donors (Lipinski definition) is 1. The highest BCUT2D eigenvalue weighted by atomic mass is 19.1. The third kappa shape index (κ3) is 6.31. The highest BCUT2D eigenvalue weighted by Gasteiger charge is 2.19. The number of carbonyl (C=O) groups is 2. The molecule has 0 fully saturated rings. The van der Waals surface area contributed by atoms with Crippen molar-refractivity contribution in [3.8, 4) is 16.9 Å². The lowest BCUT2D eigenvalue weighted by Crippen LogP contribution is -2.31. The fraction of sp³-hybridized carbons (Fsp3) is 0.231. The minimum absolute atomic E-state index is 0.119. The van der Waals surface area contributed by atoms with E-state index in [0.717, 1.165) is 34.9 Å². The second kappa shape index (κ2) is 11.3. The van der Waals surface area contributed by atoms with Gasteiger partial charge in [-0.25, -0.2) is 13.6 Å². The molecule has 0 aliphatic carbocycles. The summed E-state index contributed by atoms with van der Waals surface area (Å²) in [6, 6.07) is 15.5. The molecule has 0 spiro atoms. The Bertz CT molecular complexity index is 1160. The monoisotopic (exact) mass is 469 g/mol. The number of methoxy groups -OCH3 is 1. The quantitative estimate of drug-likeness (QED) is 0.453. The maximum Gasteiger partial charge on any atom is 0.410 e. The van der Waals surface area contributed by atoms with Gasteiger partial charge in [0.25, 0.3) is 0 Å². The number of nitrogens with zero attached hydrogens (tertiary/aromatic N) is 1. The van der Waals surface area contributed by atoms with Crippen molar-refractivity contribution in [1.82, 2.24) is 4.90 Å². The number of carboxylic acid groups (broad SMARTS) is 1. The molecule has 178 valence electrons. The number of ether oxygens (including phenoxy) is 2. The molecule has 8 heteroatoms. The summed E-state index contributed by atoms with van der Waals surface area (Å²) in [4.78, 5) is 25.3. The maximum atomic E-state index is 13.4. The minimum Gasteiger partial charge on any atom is -0.496 e. The van der Waals surface area contributed by atoms with Gasteiger partial charge < -0.3 is 19.5 Å². The van der Waals surface area contributed by atoms with Gasteiger partial charge in [0.15, 0.2) is 0 Å². The van der Waals surface area contributed by atoms with Gasteiger partial charge in [0.2, 0.25) is 0 Å². The van der Waals surface area contributed by atoms with Gasteiger partial charge in [-0.2, -0.15) is 0 Å². The van der Waals surface area contributed by atoms with E-state index in [-0.39, 0.29) is 25.1 Å². The zero-order chi connectivity index (χ0) is 24.7. The van der Waals surface area contributed by atoms with Crippen LogP contribution in [0.1, 0.15) is 23.6 Å². The minimum atomic E-state index is -0.935. The summed E-state index contributed by atoms with van der Waals surface area (Å²) in [5.74, 6) is -1.85. The molecular weight excluding hydrogens is 444 g/mol. The Morgan fingerprint density at radius 1 is 0.971 bits per heavy atom. The smallest absolute Gasteiger partial charge is 0.410 e. The number of carboxylic acids is 1. The standard InChI is InChI=1S/C26H25F2NO5/c1-3-29(26(32)34-16-18-11-21(27)14-22(28)12-18)15-20-8-5-9-23(33-2)25(20)19-7-4-6-17(10-19)13-24(30)31/h4-12,14H,3,13,15-16H2,1-2H3,(H,30,31). The topological polar surface area (TPSA) is 76.1 Å². The van der Waals surface area contributed by atoms with Gasteiger partial charge in [0.05, 0.1) is 13.5 Å². The summed E-state index contributed by atoms with van der Waals surface area (Å²) in [6.45, 7) is 2.03. The van der Waals surface area contributed by atoms with Crippen LogP contribution in [0, 0.1) is 11.6 Å². The van der Waals surface area contributed by atoms with Crippen molar-refractivity contribution < 1.29 is 33.0 Å². The van der Waals surface area contributed by atoms with E-state index < -0.39 is 23.7 Å². The second-order valence-corrected chi connectivity index (χ2v) is 7.61. The molecule has 1 N–H and O–H groups in total. The molecule has 3 rings (SSSR count). The van der Waals surface area contributed by atoms with Crippen LogP contribution in [-0.4, -0.2) is 35.7 Å². The maximum absolute atomic E-state index is 13.4. The van der Waals surface area contributed by atoms with E-state index in [4.69, 9.17) is 14.6 Å². The van der Waals surface area contributed by atoms with E-state index in [0.29, 0.717) is 17.9 Å². The number of rotatable bonds is 9. The molecule has 0 saturated heterocycles. The van der Waals surface area contributed by atoms with Gasteiger partial charge >= 0.3 is 12.1 Å². The zero-order valence-corrected chi connectivity index (χ0v) is 18.9. The van der Waals surface area contributed by atoms with E-state index in [1.807, 2.05) is 12.1 Å². The zero-order valence-electron chi connectivity index (χ0n) is 18.9. The lowest BCUT2D eigenvalue weighted by molar-refractivity contribution is -0.136. The van der Waals surface area contributed by atoms with Crippen molar-refractivity contribution in [2.75, 3.05) is 13.7 Å². The molecule has 6 nitrogen and oxygen atoms in total. The van der Waals surface area contributed by atoms with Crippen molar-refractivity contribution >= 4 is 12.1 Å². The third-order valence-electron chi connectivity index (χ3n) is 5.19. The molecular formula is C26H25F2NO5. The summed E-state index contributed by atoms with van der Waals surface area (Å²) >= 11 is 0. The van der Waals surface area contributed by atoms with Crippen molar-refractivity contribution in [2.45, 2.75) is 26.5 Å². The molecule has 0 bridgehead atoms. The third-order valence-corrected chi connectivity index (χ3v) is 5.19. The molecule has 0 aliphatic rings. The first kappa shape index (κ1) is 24.7. The Balaban J connectivity index is 1.84. The number of carbonyl (C=O) groups excluding carboxylic acids is 1. The van der Waals surface area contributed by atoms with E-state index in [1.54, 1.807) is 37.3 Å². The number of aliphatic carboxylic acids is 1. The Morgan fingerprint density at radius 2 is 1.68 bits per heavy atom. The van der Waals surface area contributed by atoms with Crippen LogP contribution in [0.15, 0.2) is 60.7 Å². The molecule has 3 aromatic carbocycles. The largest absolute Gasteiger partial charge is 0.496 e. The predicted octanol–water partition coefficient (Wildman–Crippen LogP) is 5.43. The van der Waals surface area contributed by atoms with Gasteiger partial charge in [-0.15, -0.1) is 0 Å². The number of benzene rings is 3. The molecule has 0 radical (unpaired) electrons. The Kier molecular flexibility index (Phi) is 8.19. The highest BCUT2D eigenvalue weighted by Crippen LogP contribution is 2.35. The van der Waals surface area contributed by atoms with Crippen LogP contribution >= 0.6 is 0 Å². The average molecular weight is 469 g/mol. The molecule has 1 amide bonds. The summed E-state index contributed by atoms with van der Waals surface area (Å²) in [5.41, 5.74) is 3.10. The van der Waals surface area contributed by atoms with Gasteiger partial charge in [-0.05, 0) is 47.4 Å². The Morgan fingerprint density at radius 3 is 2.32 bits per heavy atom. The summed E-state index contributed by atoms with van der Waals surface area (Å²) in [7, 11) is 1.54. The number of amides is 1. The van der Waals surface area contributed by atoms with Crippen molar-refractivity contribution in [2.24, 2.45) is 0 Å². The number of halogens is 2. The highest BCUT2D eigenvalue weighted by molar-refractivity contribution is 5.77. The lowest BCUT2D eigenvalue weighted by Gasteiger charge is -2.23. The molecule has 0 aliphatic heterocycles. The van der Waals surface area contributed by atoms with Crippen LogP contribution in [0.5, 0.6) is 5.75 Å². The van der Waals surface area contributed by atoms with E-state index in [2.05, 4.69) is 0 Å². The fourth-order valence-electron chi connectivity index (χ4n) is 3.66. The van der Waals surface area contributed by atoms with Gasteiger partial charge in [-0.1, -0.05) is 36.4 Å². The van der Waals surface area contributed by atoms with Crippen molar-refractivity contribution in [3.05, 3.63) is 89.0 Å². The van der Waals surface area contributed by atoms with Crippen LogP contribution < -0.4 is 4.74 Å². The van der Waals surface area contributed by atoms with E-state index in [1.165, 1.54) is 12.0 Å². The van der Waals surface area contributed by atoms with Crippen LogP contribution in [0.3, 0.4) is 0 Å². The van der Waals surface area contributed by atoms with Crippen LogP contribution in [-0.2, 0) is 29.1 Å². The summed E-state index contributed by atoms with van der Waals surface area (Å²) < 4.78 is 37.6. The fourth-order valence-corrected chi connectivity index (χ4v) is 3.66. The van der Waals surface area contributed by atoms with Crippen molar-refractivity contribution in [1.29, 1.82) is 0 Å². The molecule has 0 saturated carbocycles. The first-order valence-electron chi connectivity index (χ1n) is 10.6. The second-order valence-electron chi connectivity index (χ2n) is 7.61. The molecule has 34 heavy (non-hydrogen) atoms. The predicted molar refractivity (Wildman–Crippen MR) is 122 cm³/mol. The molecule has 0 atom stereocenters. The Hall–Kier alpha value is -3.94. The average Bonchev–Trinajstić information content (AvgIpc) is 2.79. The summed E-state index contributed by atoms with van der Waals surface area (Å²) in [6.07, 6.45) is -0.757. The van der Waals surface area contributed by atoms with Gasteiger partial charge in [-0.3, -0.25) is 4.79 Å². The molecule has 0 unspecified atom stereocenters. The van der Waals surface area contributed by atoms with Gasteiger partial charge in [0, 0.05) is 24.7 Å². The van der Waals surface area contributed by atoms with Crippen LogP contribution in [0.4, 0.5) is 13.6 Å². The van der Waals surface area contributed by atoms with Gasteiger partial charge in [0.1, 0.15) is 24.0 Å². The summed E-state index contributed by atoms with van der Waals surface area (Å²) in [5, 5.41) is 9.13. The first-order chi connectivity index (χ1) is 16.3. The SMILES string of the molecule is CCN(Cc1cccc(OC)c1-c1cccc(CC(=O)O)c1)C(=O)OCc1cc(F)cc(F)c1. The van der Waals surface area contributed by atoms with E-state index >= 15 is 0 Å². The molecule has 3 aromatic rings. The first-order valence-corrected chi connectivity index (χ1v) is 10.6. The van der Waals surface area contributed by atoms with E-state index in [9.17, 15) is 18.4 Å². The van der Waals surface area contributed by atoms with Crippen molar-refractivity contribution in [3.63, 3.8) is 0 Å². The number of hydrogen-bond acceptors (Lipinski definition) is 4. The Labute approximate surface area is 196 Å². The van der Waals surface area contributed by atoms with Crippen LogP contribution in [0.25, 0.3) is 11.1 Å². The molecule has 0 aromatic heterocycles. The normalized spacial score (nSPS) is 10.6. The molecule has 0 heterocycles. The van der Waals surface area contributed by atoms with Crippen LogP contribution in [0.2, 0.25) is 0 Å². The lowest BCUT2D eigenvalue weighted by atomic mass is 9.96.